The monoisotopic (exact) mass is 220 g/mol. The molecule has 0 bridgehead atoms. The molecule has 0 N–H and O–H groups in total. The van der Waals surface area contributed by atoms with Crippen molar-refractivity contribution in [2.75, 3.05) is 0 Å². The third kappa shape index (κ3) is 3.69. The van der Waals surface area contributed by atoms with Crippen molar-refractivity contribution >= 4 is 5.78 Å². The van der Waals surface area contributed by atoms with Gasteiger partial charge in [-0.2, -0.15) is 0 Å². The molecule has 0 heterocycles. The second kappa shape index (κ2) is 5.69. The van der Waals surface area contributed by atoms with E-state index in [0.717, 1.165) is 23.3 Å². The maximum atomic E-state index is 11.2. The molecule has 0 saturated carbocycles. The number of carbonyl (C=O) groups excluding carboxylic acids is 1. The highest BCUT2D eigenvalue weighted by molar-refractivity contribution is 5.79. The standard InChI is InChI=1S/C14H20O2/c1-5-12(4)16-14-7-6-10(2)8-13(14)9-11(3)15/h6-8,12H,5,9H2,1-4H3/t12-/m1/s1. The average Bonchev–Trinajstić information content (AvgIpc) is 2.21. The van der Waals surface area contributed by atoms with Gasteiger partial charge in [-0.1, -0.05) is 24.6 Å². The summed E-state index contributed by atoms with van der Waals surface area (Å²) in [7, 11) is 0. The minimum Gasteiger partial charge on any atom is -0.490 e. The van der Waals surface area contributed by atoms with Gasteiger partial charge in [0.25, 0.3) is 0 Å². The fourth-order valence-corrected chi connectivity index (χ4v) is 1.53. The van der Waals surface area contributed by atoms with Gasteiger partial charge in [-0.05, 0) is 33.3 Å². The molecule has 0 aliphatic carbocycles. The van der Waals surface area contributed by atoms with Crippen molar-refractivity contribution in [2.24, 2.45) is 0 Å². The third-order valence-corrected chi connectivity index (χ3v) is 2.56. The van der Waals surface area contributed by atoms with Gasteiger partial charge in [-0.3, -0.25) is 4.79 Å². The molecule has 16 heavy (non-hydrogen) atoms. The molecule has 0 radical (unpaired) electrons. The Labute approximate surface area is 97.6 Å². The van der Waals surface area contributed by atoms with Crippen LogP contribution in [0.5, 0.6) is 5.75 Å². The number of ketones is 1. The summed E-state index contributed by atoms with van der Waals surface area (Å²) in [5.41, 5.74) is 2.15. The molecule has 0 aliphatic heterocycles. The lowest BCUT2D eigenvalue weighted by Crippen LogP contribution is -2.12. The van der Waals surface area contributed by atoms with Gasteiger partial charge in [0, 0.05) is 12.0 Å². The molecule has 0 saturated heterocycles. The number of carbonyl (C=O) groups is 1. The Balaban J connectivity index is 2.93. The highest BCUT2D eigenvalue weighted by Crippen LogP contribution is 2.22. The van der Waals surface area contributed by atoms with Gasteiger partial charge in [0.15, 0.2) is 0 Å². The Kier molecular flexibility index (Phi) is 4.53. The highest BCUT2D eigenvalue weighted by Gasteiger charge is 2.09. The number of rotatable bonds is 5. The van der Waals surface area contributed by atoms with Gasteiger partial charge in [-0.15, -0.1) is 0 Å². The number of hydrogen-bond donors (Lipinski definition) is 0. The van der Waals surface area contributed by atoms with Crippen LogP contribution >= 0.6 is 0 Å². The zero-order valence-corrected chi connectivity index (χ0v) is 10.5. The van der Waals surface area contributed by atoms with Crippen LogP contribution in [0.4, 0.5) is 0 Å². The van der Waals surface area contributed by atoms with Crippen LogP contribution in [-0.2, 0) is 11.2 Å². The molecule has 1 aromatic carbocycles. The van der Waals surface area contributed by atoms with Crippen molar-refractivity contribution < 1.29 is 9.53 Å². The van der Waals surface area contributed by atoms with Gasteiger partial charge in [0.2, 0.25) is 0 Å². The molecule has 0 amide bonds. The Hall–Kier alpha value is -1.31. The van der Waals surface area contributed by atoms with Crippen LogP contribution in [0.2, 0.25) is 0 Å². The number of ether oxygens (including phenoxy) is 1. The van der Waals surface area contributed by atoms with Crippen molar-refractivity contribution in [3.05, 3.63) is 29.3 Å². The van der Waals surface area contributed by atoms with E-state index in [2.05, 4.69) is 6.92 Å². The minimum atomic E-state index is 0.166. The predicted molar refractivity (Wildman–Crippen MR) is 65.9 cm³/mol. The summed E-state index contributed by atoms with van der Waals surface area (Å²) in [6.45, 7) is 7.76. The highest BCUT2D eigenvalue weighted by atomic mass is 16.5. The van der Waals surface area contributed by atoms with E-state index in [0.29, 0.717) is 6.42 Å². The van der Waals surface area contributed by atoms with Crippen LogP contribution in [0.25, 0.3) is 0 Å². The maximum absolute atomic E-state index is 11.2. The first kappa shape index (κ1) is 12.8. The Morgan fingerprint density at radius 1 is 1.44 bits per heavy atom. The van der Waals surface area contributed by atoms with Gasteiger partial charge < -0.3 is 4.74 Å². The molecule has 0 aromatic heterocycles. The second-order valence-corrected chi connectivity index (χ2v) is 4.33. The predicted octanol–water partition coefficient (Wildman–Crippen LogP) is 3.30. The smallest absolute Gasteiger partial charge is 0.134 e. The SMILES string of the molecule is CC[C@@H](C)Oc1ccc(C)cc1CC(C)=O. The topological polar surface area (TPSA) is 26.3 Å². The van der Waals surface area contributed by atoms with Crippen LogP contribution in [0, 0.1) is 6.92 Å². The Morgan fingerprint density at radius 2 is 2.12 bits per heavy atom. The summed E-state index contributed by atoms with van der Waals surface area (Å²) >= 11 is 0. The first-order valence-electron chi connectivity index (χ1n) is 5.78. The van der Waals surface area contributed by atoms with Crippen LogP contribution < -0.4 is 4.74 Å². The molecule has 0 unspecified atom stereocenters. The van der Waals surface area contributed by atoms with Crippen LogP contribution in [0.1, 0.15) is 38.3 Å². The van der Waals surface area contributed by atoms with Crippen molar-refractivity contribution in [3.8, 4) is 5.75 Å². The van der Waals surface area contributed by atoms with E-state index in [-0.39, 0.29) is 11.9 Å². The number of Topliss-reactive ketones (excluding diaryl/α,β-unsaturated/α-hetero) is 1. The fourth-order valence-electron chi connectivity index (χ4n) is 1.53. The molecule has 1 atom stereocenters. The minimum absolute atomic E-state index is 0.166. The fraction of sp³-hybridized carbons (Fsp3) is 0.500. The molecule has 2 heteroatoms. The van der Waals surface area contributed by atoms with Crippen molar-refractivity contribution in [3.63, 3.8) is 0 Å². The summed E-state index contributed by atoms with van der Waals surface area (Å²) in [6, 6.07) is 6.00. The van der Waals surface area contributed by atoms with E-state index in [9.17, 15) is 4.79 Å². The summed E-state index contributed by atoms with van der Waals surface area (Å²) in [5, 5.41) is 0. The lowest BCUT2D eigenvalue weighted by molar-refractivity contribution is -0.116. The van der Waals surface area contributed by atoms with E-state index < -0.39 is 0 Å². The quantitative estimate of drug-likeness (QED) is 0.761. The molecule has 1 aromatic rings. The number of hydrogen-bond acceptors (Lipinski definition) is 2. The van der Waals surface area contributed by atoms with Gasteiger partial charge in [0.05, 0.1) is 6.10 Å². The first-order valence-corrected chi connectivity index (χ1v) is 5.78. The van der Waals surface area contributed by atoms with Crippen molar-refractivity contribution in [1.82, 2.24) is 0 Å². The van der Waals surface area contributed by atoms with Crippen LogP contribution in [-0.4, -0.2) is 11.9 Å². The van der Waals surface area contributed by atoms with E-state index in [1.165, 1.54) is 0 Å². The molecule has 88 valence electrons. The van der Waals surface area contributed by atoms with E-state index in [4.69, 9.17) is 4.74 Å². The zero-order valence-electron chi connectivity index (χ0n) is 10.5. The molecule has 0 spiro atoms. The normalized spacial score (nSPS) is 12.2. The zero-order chi connectivity index (χ0) is 12.1. The molecule has 2 nitrogen and oxygen atoms in total. The van der Waals surface area contributed by atoms with E-state index >= 15 is 0 Å². The maximum Gasteiger partial charge on any atom is 0.134 e. The molecule has 1 rings (SSSR count). The van der Waals surface area contributed by atoms with E-state index in [1.807, 2.05) is 32.0 Å². The lowest BCUT2D eigenvalue weighted by Gasteiger charge is -2.16. The lowest BCUT2D eigenvalue weighted by atomic mass is 10.1. The van der Waals surface area contributed by atoms with Crippen molar-refractivity contribution in [2.45, 2.75) is 46.6 Å². The molecular formula is C14H20O2. The van der Waals surface area contributed by atoms with Gasteiger partial charge in [-0.25, -0.2) is 0 Å². The molecular weight excluding hydrogens is 200 g/mol. The Bertz CT molecular complexity index is 369. The third-order valence-electron chi connectivity index (χ3n) is 2.56. The van der Waals surface area contributed by atoms with Gasteiger partial charge >= 0.3 is 0 Å². The number of benzene rings is 1. The second-order valence-electron chi connectivity index (χ2n) is 4.33. The Morgan fingerprint density at radius 3 is 2.69 bits per heavy atom. The average molecular weight is 220 g/mol. The van der Waals surface area contributed by atoms with E-state index in [1.54, 1.807) is 6.92 Å². The summed E-state index contributed by atoms with van der Waals surface area (Å²) in [4.78, 5) is 11.2. The summed E-state index contributed by atoms with van der Waals surface area (Å²) < 4.78 is 5.80. The first-order chi connectivity index (χ1) is 7.52. The van der Waals surface area contributed by atoms with Gasteiger partial charge in [0.1, 0.15) is 11.5 Å². The van der Waals surface area contributed by atoms with Crippen molar-refractivity contribution in [1.29, 1.82) is 0 Å². The molecule has 0 fully saturated rings. The summed E-state index contributed by atoms with van der Waals surface area (Å²) in [5.74, 6) is 1.01. The van der Waals surface area contributed by atoms with Crippen LogP contribution in [0.15, 0.2) is 18.2 Å². The summed E-state index contributed by atoms with van der Waals surface area (Å²) in [6.07, 6.45) is 1.61. The largest absolute Gasteiger partial charge is 0.490 e. The van der Waals surface area contributed by atoms with Crippen LogP contribution in [0.3, 0.4) is 0 Å². The number of aryl methyl sites for hydroxylation is 1. The molecule has 0 aliphatic rings.